The first-order valence-electron chi connectivity index (χ1n) is 6.16. The third-order valence-corrected chi connectivity index (χ3v) is 4.22. The first-order valence-corrected chi connectivity index (χ1v) is 6.98. The van der Waals surface area contributed by atoms with Gasteiger partial charge in [0.1, 0.15) is 11.9 Å². The van der Waals surface area contributed by atoms with Gasteiger partial charge in [-0.2, -0.15) is 0 Å². The van der Waals surface area contributed by atoms with Crippen molar-refractivity contribution in [3.8, 4) is 5.75 Å². The molecule has 4 nitrogen and oxygen atoms in total. The largest absolute Gasteiger partial charge is 0.487 e. The number of nitrogens with zero attached hydrogens (tertiary/aromatic N) is 1. The zero-order chi connectivity index (χ0) is 13.4. The van der Waals surface area contributed by atoms with Gasteiger partial charge in [-0.25, -0.2) is 4.79 Å². The molecule has 0 spiro atoms. The summed E-state index contributed by atoms with van der Waals surface area (Å²) in [6.07, 6.45) is -0.982. The second-order valence-corrected chi connectivity index (χ2v) is 6.38. The molecule has 100 valence electrons. The summed E-state index contributed by atoms with van der Waals surface area (Å²) in [7, 11) is 0. The molecule has 1 atom stereocenters. The van der Waals surface area contributed by atoms with Crippen molar-refractivity contribution in [2.75, 3.05) is 6.54 Å². The Bertz CT molecular complexity index is 467. The number of carboxylic acid groups (broad SMARTS) is 1. The van der Waals surface area contributed by atoms with Crippen LogP contribution in [0.1, 0.15) is 42.0 Å². The molecule has 1 N–H and O–H groups in total. The average Bonchev–Trinajstić information content (AvgIpc) is 2.43. The Morgan fingerprint density at radius 2 is 2.22 bits per heavy atom. The number of hydrogen-bond acceptors (Lipinski definition) is 3. The molecular formula is C13H19NO3S. The Hall–Kier alpha value is -1.23. The molecule has 0 unspecified atom stereocenters. The molecule has 0 aliphatic carbocycles. The van der Waals surface area contributed by atoms with E-state index in [-0.39, 0.29) is 6.10 Å². The van der Waals surface area contributed by atoms with Crippen LogP contribution in [0.15, 0.2) is 0 Å². The zero-order valence-electron chi connectivity index (χ0n) is 11.2. The summed E-state index contributed by atoms with van der Waals surface area (Å²) in [4.78, 5) is 14.9. The minimum atomic E-state index is -0.879. The maximum atomic E-state index is 11.2. The van der Waals surface area contributed by atoms with Crippen LogP contribution in [0.4, 0.5) is 4.79 Å². The number of fused-ring (bicyclic) bond motifs is 1. The molecule has 1 aliphatic rings. The minimum absolute atomic E-state index is 0.103. The van der Waals surface area contributed by atoms with Gasteiger partial charge < -0.3 is 9.84 Å². The molecule has 1 aromatic rings. The van der Waals surface area contributed by atoms with Gasteiger partial charge in [0.2, 0.25) is 0 Å². The second kappa shape index (κ2) is 4.80. The smallest absolute Gasteiger partial charge is 0.407 e. The fraction of sp³-hybridized carbons (Fsp3) is 0.615. The molecule has 18 heavy (non-hydrogen) atoms. The monoisotopic (exact) mass is 269 g/mol. The number of amides is 1. The standard InChI is InChI=1S/C13H19NO3S/c1-7(2)11-9(4)18-10-6-14(13(15)16)5-8(3)17-12(10)11/h7-8H,5-6H2,1-4H3,(H,15,16)/t8-/m0/s1. The Morgan fingerprint density at radius 1 is 1.56 bits per heavy atom. The van der Waals surface area contributed by atoms with Crippen LogP contribution in [0, 0.1) is 6.92 Å². The van der Waals surface area contributed by atoms with Crippen molar-refractivity contribution in [3.63, 3.8) is 0 Å². The number of ether oxygens (including phenoxy) is 1. The van der Waals surface area contributed by atoms with Gasteiger partial charge in [-0.15, -0.1) is 11.3 Å². The molecule has 1 aromatic heterocycles. The van der Waals surface area contributed by atoms with Crippen LogP contribution in [0.5, 0.6) is 5.75 Å². The lowest BCUT2D eigenvalue weighted by Gasteiger charge is -2.19. The normalized spacial score (nSPS) is 19.4. The lowest BCUT2D eigenvalue weighted by molar-refractivity contribution is 0.121. The van der Waals surface area contributed by atoms with E-state index >= 15 is 0 Å². The van der Waals surface area contributed by atoms with Crippen molar-refractivity contribution < 1.29 is 14.6 Å². The van der Waals surface area contributed by atoms with E-state index in [0.717, 1.165) is 10.6 Å². The lowest BCUT2D eigenvalue weighted by atomic mass is 10.0. The summed E-state index contributed by atoms with van der Waals surface area (Å²) in [6, 6.07) is 0. The molecule has 2 heterocycles. The first-order chi connectivity index (χ1) is 8.40. The first kappa shape index (κ1) is 13.2. The average molecular weight is 269 g/mol. The van der Waals surface area contributed by atoms with Crippen molar-refractivity contribution in [3.05, 3.63) is 15.3 Å². The summed E-state index contributed by atoms with van der Waals surface area (Å²) < 4.78 is 5.96. The number of aryl methyl sites for hydroxylation is 1. The molecule has 0 fully saturated rings. The Labute approximate surface area is 111 Å². The predicted molar refractivity (Wildman–Crippen MR) is 71.7 cm³/mol. The van der Waals surface area contributed by atoms with Gasteiger partial charge in [-0.1, -0.05) is 13.8 Å². The lowest BCUT2D eigenvalue weighted by Crippen LogP contribution is -2.34. The van der Waals surface area contributed by atoms with Crippen LogP contribution in [0.25, 0.3) is 0 Å². The van der Waals surface area contributed by atoms with Gasteiger partial charge in [0.25, 0.3) is 0 Å². The minimum Gasteiger partial charge on any atom is -0.487 e. The Morgan fingerprint density at radius 3 is 2.78 bits per heavy atom. The second-order valence-electron chi connectivity index (χ2n) is 5.07. The van der Waals surface area contributed by atoms with Crippen molar-refractivity contribution in [1.29, 1.82) is 0 Å². The van der Waals surface area contributed by atoms with E-state index in [1.807, 2.05) is 6.92 Å². The molecule has 0 radical (unpaired) electrons. The third-order valence-electron chi connectivity index (χ3n) is 3.13. The van der Waals surface area contributed by atoms with Crippen LogP contribution < -0.4 is 4.74 Å². The number of rotatable bonds is 1. The molecule has 1 aliphatic heterocycles. The zero-order valence-corrected chi connectivity index (χ0v) is 12.0. The van der Waals surface area contributed by atoms with E-state index in [0.29, 0.717) is 19.0 Å². The quantitative estimate of drug-likeness (QED) is 0.849. The number of hydrogen-bond donors (Lipinski definition) is 1. The highest BCUT2D eigenvalue weighted by molar-refractivity contribution is 7.12. The molecule has 5 heteroatoms. The van der Waals surface area contributed by atoms with Gasteiger partial charge in [0, 0.05) is 10.4 Å². The van der Waals surface area contributed by atoms with Crippen LogP contribution in [0.3, 0.4) is 0 Å². The van der Waals surface area contributed by atoms with Gasteiger partial charge in [0.05, 0.1) is 18.0 Å². The fourth-order valence-corrected chi connectivity index (χ4v) is 3.71. The van der Waals surface area contributed by atoms with Crippen molar-refractivity contribution in [2.24, 2.45) is 0 Å². The van der Waals surface area contributed by atoms with E-state index in [1.165, 1.54) is 15.3 Å². The van der Waals surface area contributed by atoms with E-state index in [1.54, 1.807) is 11.3 Å². The maximum Gasteiger partial charge on any atom is 0.407 e. The van der Waals surface area contributed by atoms with Crippen LogP contribution in [0.2, 0.25) is 0 Å². The number of carbonyl (C=O) groups is 1. The Kier molecular flexibility index (Phi) is 3.52. The molecule has 2 rings (SSSR count). The highest BCUT2D eigenvalue weighted by Crippen LogP contribution is 2.42. The van der Waals surface area contributed by atoms with Gasteiger partial charge in [-0.3, -0.25) is 4.90 Å². The summed E-state index contributed by atoms with van der Waals surface area (Å²) in [5, 5.41) is 9.17. The Balaban J connectivity index is 2.43. The maximum absolute atomic E-state index is 11.2. The van der Waals surface area contributed by atoms with Crippen LogP contribution in [-0.4, -0.2) is 28.7 Å². The molecule has 0 bridgehead atoms. The van der Waals surface area contributed by atoms with Gasteiger partial charge in [0.15, 0.2) is 0 Å². The summed E-state index contributed by atoms with van der Waals surface area (Å²) in [6.45, 7) is 9.14. The SMILES string of the molecule is Cc1sc2c(c1C(C)C)O[C@@H](C)CN(C(=O)O)C2. The van der Waals surface area contributed by atoms with Crippen molar-refractivity contribution >= 4 is 17.4 Å². The molecule has 0 aromatic carbocycles. The van der Waals surface area contributed by atoms with Crippen molar-refractivity contribution in [2.45, 2.75) is 46.3 Å². The van der Waals surface area contributed by atoms with Gasteiger partial charge >= 0.3 is 6.09 Å². The molecule has 1 amide bonds. The highest BCUT2D eigenvalue weighted by atomic mass is 32.1. The van der Waals surface area contributed by atoms with E-state index in [2.05, 4.69) is 20.8 Å². The molecule has 0 saturated carbocycles. The molecule has 0 saturated heterocycles. The summed E-state index contributed by atoms with van der Waals surface area (Å²) in [5.74, 6) is 1.32. The van der Waals surface area contributed by atoms with Crippen LogP contribution >= 0.6 is 11.3 Å². The van der Waals surface area contributed by atoms with Crippen LogP contribution in [-0.2, 0) is 6.54 Å². The molecular weight excluding hydrogens is 250 g/mol. The third kappa shape index (κ3) is 2.32. The van der Waals surface area contributed by atoms with E-state index < -0.39 is 6.09 Å². The van der Waals surface area contributed by atoms with E-state index in [4.69, 9.17) is 9.84 Å². The van der Waals surface area contributed by atoms with Gasteiger partial charge in [-0.05, 0) is 19.8 Å². The van der Waals surface area contributed by atoms with Crippen molar-refractivity contribution in [1.82, 2.24) is 4.90 Å². The fourth-order valence-electron chi connectivity index (χ4n) is 2.43. The predicted octanol–water partition coefficient (Wildman–Crippen LogP) is 3.44. The highest BCUT2D eigenvalue weighted by Gasteiger charge is 2.28. The van der Waals surface area contributed by atoms with E-state index in [9.17, 15) is 4.79 Å². The number of thiophene rings is 1. The summed E-state index contributed by atoms with van der Waals surface area (Å²) in [5.41, 5.74) is 1.23. The summed E-state index contributed by atoms with van der Waals surface area (Å²) >= 11 is 1.65. The topological polar surface area (TPSA) is 49.8 Å².